The van der Waals surface area contributed by atoms with Crippen LogP contribution in [0.3, 0.4) is 0 Å². The Morgan fingerprint density at radius 3 is 2.19 bits per heavy atom. The molecule has 0 aliphatic heterocycles. The Bertz CT molecular complexity index is 945. The summed E-state index contributed by atoms with van der Waals surface area (Å²) in [6.45, 7) is 0. The molecule has 0 unspecified atom stereocenters. The van der Waals surface area contributed by atoms with Crippen molar-refractivity contribution < 1.29 is 27.6 Å². The maximum Gasteiger partial charge on any atom is 0.277 e. The number of nitrogens with zero attached hydrogens (tertiary/aromatic N) is 1. The van der Waals surface area contributed by atoms with Gasteiger partial charge in [0.2, 0.25) is 0 Å². The van der Waals surface area contributed by atoms with E-state index in [-0.39, 0.29) is 17.0 Å². The highest BCUT2D eigenvalue weighted by Gasteiger charge is 2.20. The SMILES string of the molecule is COc1ccc(CS(=O)(=O)/C=C/c2c(OC)cccc2OC)c([N+](=O)[O-])c1. The number of rotatable bonds is 8. The van der Waals surface area contributed by atoms with E-state index < -0.39 is 20.5 Å². The van der Waals surface area contributed by atoms with Gasteiger partial charge < -0.3 is 14.2 Å². The van der Waals surface area contributed by atoms with Gasteiger partial charge in [-0.25, -0.2) is 8.42 Å². The van der Waals surface area contributed by atoms with Crippen LogP contribution in [0.5, 0.6) is 17.2 Å². The first-order valence-electron chi connectivity index (χ1n) is 7.74. The van der Waals surface area contributed by atoms with Crippen LogP contribution < -0.4 is 14.2 Å². The minimum Gasteiger partial charge on any atom is -0.497 e. The van der Waals surface area contributed by atoms with E-state index in [1.807, 2.05) is 0 Å². The van der Waals surface area contributed by atoms with Crippen LogP contribution in [0.1, 0.15) is 11.1 Å². The number of benzene rings is 2. The summed E-state index contributed by atoms with van der Waals surface area (Å²) in [5.41, 5.74) is 0.203. The number of methoxy groups -OCH3 is 3. The maximum absolute atomic E-state index is 12.5. The van der Waals surface area contributed by atoms with Gasteiger partial charge in [-0.15, -0.1) is 0 Å². The molecule has 0 N–H and O–H groups in total. The lowest BCUT2D eigenvalue weighted by molar-refractivity contribution is -0.385. The van der Waals surface area contributed by atoms with Crippen LogP contribution in [0.2, 0.25) is 0 Å². The van der Waals surface area contributed by atoms with Crippen LogP contribution in [0.4, 0.5) is 5.69 Å². The molecule has 0 atom stereocenters. The number of hydrogen-bond acceptors (Lipinski definition) is 7. The van der Waals surface area contributed by atoms with Crippen molar-refractivity contribution in [1.82, 2.24) is 0 Å². The number of hydrogen-bond donors (Lipinski definition) is 0. The smallest absolute Gasteiger partial charge is 0.277 e. The van der Waals surface area contributed by atoms with Gasteiger partial charge in [0.25, 0.3) is 5.69 Å². The number of ether oxygens (including phenoxy) is 3. The van der Waals surface area contributed by atoms with E-state index in [9.17, 15) is 18.5 Å². The van der Waals surface area contributed by atoms with Crippen molar-refractivity contribution in [2.75, 3.05) is 21.3 Å². The van der Waals surface area contributed by atoms with Crippen molar-refractivity contribution in [3.63, 3.8) is 0 Å². The molecule has 2 rings (SSSR count). The van der Waals surface area contributed by atoms with Gasteiger partial charge in [0.1, 0.15) is 17.2 Å². The topological polar surface area (TPSA) is 105 Å². The van der Waals surface area contributed by atoms with Crippen molar-refractivity contribution in [2.45, 2.75) is 5.75 Å². The summed E-state index contributed by atoms with van der Waals surface area (Å²) in [4.78, 5) is 10.6. The molecule has 9 heteroatoms. The average Bonchev–Trinajstić information content (AvgIpc) is 2.65. The Hall–Kier alpha value is -3.07. The highest BCUT2D eigenvalue weighted by molar-refractivity contribution is 7.93. The van der Waals surface area contributed by atoms with Gasteiger partial charge in [0, 0.05) is 11.0 Å². The van der Waals surface area contributed by atoms with Crippen LogP contribution in [-0.4, -0.2) is 34.7 Å². The lowest BCUT2D eigenvalue weighted by Crippen LogP contribution is -2.04. The van der Waals surface area contributed by atoms with E-state index in [2.05, 4.69) is 0 Å². The Labute approximate surface area is 157 Å². The monoisotopic (exact) mass is 393 g/mol. The van der Waals surface area contributed by atoms with Crippen molar-refractivity contribution in [2.24, 2.45) is 0 Å². The van der Waals surface area contributed by atoms with Gasteiger partial charge in [-0.05, 0) is 30.3 Å². The summed E-state index contributed by atoms with van der Waals surface area (Å²) in [5.74, 6) is 0.631. The molecule has 0 fully saturated rings. The van der Waals surface area contributed by atoms with Crippen LogP contribution in [0.25, 0.3) is 6.08 Å². The molecule has 0 saturated carbocycles. The van der Waals surface area contributed by atoms with Gasteiger partial charge in [-0.2, -0.15) is 0 Å². The lowest BCUT2D eigenvalue weighted by atomic mass is 10.2. The van der Waals surface area contributed by atoms with Crippen LogP contribution in [-0.2, 0) is 15.6 Å². The predicted octanol–water partition coefficient (Wildman–Crippen LogP) is 3.21. The quantitative estimate of drug-likeness (QED) is 0.501. The zero-order valence-electron chi connectivity index (χ0n) is 15.0. The van der Waals surface area contributed by atoms with Crippen LogP contribution in [0.15, 0.2) is 41.8 Å². The molecular weight excluding hydrogens is 374 g/mol. The highest BCUT2D eigenvalue weighted by atomic mass is 32.2. The van der Waals surface area contributed by atoms with Crippen molar-refractivity contribution in [3.8, 4) is 17.2 Å². The normalized spacial score (nSPS) is 11.4. The van der Waals surface area contributed by atoms with E-state index in [1.54, 1.807) is 18.2 Å². The molecule has 144 valence electrons. The molecule has 0 amide bonds. The molecule has 0 radical (unpaired) electrons. The molecule has 8 nitrogen and oxygen atoms in total. The lowest BCUT2D eigenvalue weighted by Gasteiger charge is -2.09. The highest BCUT2D eigenvalue weighted by Crippen LogP contribution is 2.31. The fourth-order valence-electron chi connectivity index (χ4n) is 2.44. The summed E-state index contributed by atoms with van der Waals surface area (Å²) in [5, 5.41) is 12.2. The van der Waals surface area contributed by atoms with Crippen molar-refractivity contribution in [3.05, 3.63) is 63.0 Å². The molecule has 0 bridgehead atoms. The summed E-state index contributed by atoms with van der Waals surface area (Å²) < 4.78 is 40.3. The number of nitro benzene ring substituents is 1. The second-order valence-electron chi connectivity index (χ2n) is 5.44. The zero-order chi connectivity index (χ0) is 20.0. The van der Waals surface area contributed by atoms with E-state index in [0.717, 1.165) is 5.41 Å². The molecule has 0 aliphatic rings. The van der Waals surface area contributed by atoms with Gasteiger partial charge in [-0.1, -0.05) is 6.07 Å². The summed E-state index contributed by atoms with van der Waals surface area (Å²) in [6.07, 6.45) is 1.35. The summed E-state index contributed by atoms with van der Waals surface area (Å²) in [7, 11) is 0.498. The zero-order valence-corrected chi connectivity index (χ0v) is 15.9. The van der Waals surface area contributed by atoms with E-state index in [1.165, 1.54) is 45.6 Å². The molecule has 0 spiro atoms. The molecule has 0 heterocycles. The Morgan fingerprint density at radius 1 is 1.04 bits per heavy atom. The van der Waals surface area contributed by atoms with Gasteiger partial charge in [-0.3, -0.25) is 10.1 Å². The first-order valence-corrected chi connectivity index (χ1v) is 9.46. The van der Waals surface area contributed by atoms with Gasteiger partial charge in [0.15, 0.2) is 9.84 Å². The summed E-state index contributed by atoms with van der Waals surface area (Å²) in [6, 6.07) is 9.09. The third kappa shape index (κ3) is 4.98. The molecule has 27 heavy (non-hydrogen) atoms. The van der Waals surface area contributed by atoms with E-state index >= 15 is 0 Å². The Kier molecular flexibility index (Phi) is 6.40. The second-order valence-corrected chi connectivity index (χ2v) is 7.32. The molecule has 2 aromatic carbocycles. The van der Waals surface area contributed by atoms with Gasteiger partial charge in [0.05, 0.1) is 43.6 Å². The third-order valence-electron chi connectivity index (χ3n) is 3.75. The number of sulfone groups is 1. The fourth-order valence-corrected chi connectivity index (χ4v) is 3.56. The molecular formula is C18H19NO7S. The Morgan fingerprint density at radius 2 is 1.67 bits per heavy atom. The van der Waals surface area contributed by atoms with E-state index in [0.29, 0.717) is 17.1 Å². The molecule has 2 aromatic rings. The molecule has 0 aliphatic carbocycles. The standard InChI is InChI=1S/C18H19NO7S/c1-24-14-8-7-13(16(11-14)19(20)21)12-27(22,23)10-9-15-17(25-2)5-4-6-18(15)26-3/h4-11H,12H2,1-3H3/b10-9+. The van der Waals surface area contributed by atoms with Crippen molar-refractivity contribution >= 4 is 21.6 Å². The number of nitro groups is 1. The van der Waals surface area contributed by atoms with Crippen LogP contribution >= 0.6 is 0 Å². The van der Waals surface area contributed by atoms with Gasteiger partial charge >= 0.3 is 0 Å². The largest absolute Gasteiger partial charge is 0.497 e. The first-order chi connectivity index (χ1) is 12.8. The summed E-state index contributed by atoms with van der Waals surface area (Å²) >= 11 is 0. The predicted molar refractivity (Wildman–Crippen MR) is 101 cm³/mol. The Balaban J connectivity index is 2.37. The van der Waals surface area contributed by atoms with Crippen molar-refractivity contribution in [1.29, 1.82) is 0 Å². The van der Waals surface area contributed by atoms with Crippen LogP contribution in [0, 0.1) is 10.1 Å². The minimum absolute atomic E-state index is 0.0671. The second kappa shape index (κ2) is 8.54. The molecule has 0 saturated heterocycles. The van der Waals surface area contributed by atoms with E-state index in [4.69, 9.17) is 14.2 Å². The minimum atomic E-state index is -3.80. The first kappa shape index (κ1) is 20.2. The maximum atomic E-state index is 12.5. The third-order valence-corrected chi connectivity index (χ3v) is 5.02. The molecule has 0 aromatic heterocycles. The fraction of sp³-hybridized carbons (Fsp3) is 0.222. The average molecular weight is 393 g/mol.